The third-order valence-electron chi connectivity index (χ3n) is 1.69. The Morgan fingerprint density at radius 3 is 2.83 bits per heavy atom. The lowest BCUT2D eigenvalue weighted by Gasteiger charge is -2.04. The first-order chi connectivity index (χ1) is 5.66. The van der Waals surface area contributed by atoms with Gasteiger partial charge < -0.3 is 5.73 Å². The van der Waals surface area contributed by atoms with Gasteiger partial charge in [-0.3, -0.25) is 4.79 Å². The van der Waals surface area contributed by atoms with Gasteiger partial charge in [-0.2, -0.15) is 0 Å². The lowest BCUT2D eigenvalue weighted by Crippen LogP contribution is -2.00. The number of nitrogen functional groups attached to an aromatic ring is 1. The van der Waals surface area contributed by atoms with Crippen molar-refractivity contribution >= 4 is 24.1 Å². The molecule has 2 N–H and O–H groups in total. The largest absolute Gasteiger partial charge is 0.398 e. The Morgan fingerprint density at radius 1 is 1.58 bits per heavy atom. The molecule has 3 heteroatoms. The molecule has 0 saturated carbocycles. The summed E-state index contributed by atoms with van der Waals surface area (Å²) in [6, 6.07) is 5.23. The first-order valence-electron chi connectivity index (χ1n) is 3.77. The Kier molecular flexibility index (Phi) is 2.76. The third-order valence-corrected chi connectivity index (χ3v) is 2.19. The molecule has 0 radical (unpaired) electrons. The summed E-state index contributed by atoms with van der Waals surface area (Å²) in [5, 5.41) is 0. The van der Waals surface area contributed by atoms with Crippen LogP contribution in [0.1, 0.15) is 23.7 Å². The number of thiol groups is 1. The summed E-state index contributed by atoms with van der Waals surface area (Å²) in [6.07, 6.45) is 0.483. The van der Waals surface area contributed by atoms with E-state index in [0.29, 0.717) is 22.6 Å². The van der Waals surface area contributed by atoms with Crippen LogP contribution in [0.5, 0.6) is 0 Å². The van der Waals surface area contributed by atoms with Crippen molar-refractivity contribution in [3.8, 4) is 0 Å². The molecule has 0 heterocycles. The van der Waals surface area contributed by atoms with E-state index in [9.17, 15) is 4.79 Å². The van der Waals surface area contributed by atoms with Crippen molar-refractivity contribution in [2.24, 2.45) is 0 Å². The van der Waals surface area contributed by atoms with E-state index in [0.717, 1.165) is 0 Å². The molecule has 0 spiro atoms. The van der Waals surface area contributed by atoms with Crippen molar-refractivity contribution in [1.29, 1.82) is 0 Å². The van der Waals surface area contributed by atoms with Crippen LogP contribution in [0.4, 0.5) is 5.69 Å². The zero-order valence-electron chi connectivity index (χ0n) is 6.87. The standard InChI is InChI=1S/C9H11NOS/c1-2-8(11)6-4-3-5-7(10)9(6)12/h3-5,12H,2,10H2,1H3. The van der Waals surface area contributed by atoms with Gasteiger partial charge in [0.25, 0.3) is 0 Å². The van der Waals surface area contributed by atoms with Gasteiger partial charge in [0.1, 0.15) is 0 Å². The van der Waals surface area contributed by atoms with E-state index >= 15 is 0 Å². The number of hydrogen-bond acceptors (Lipinski definition) is 3. The van der Waals surface area contributed by atoms with Crippen molar-refractivity contribution in [1.82, 2.24) is 0 Å². The summed E-state index contributed by atoms with van der Waals surface area (Å²) in [5.41, 5.74) is 6.75. The predicted octanol–water partition coefficient (Wildman–Crippen LogP) is 2.15. The number of benzene rings is 1. The first kappa shape index (κ1) is 9.13. The second-order valence-corrected chi connectivity index (χ2v) is 2.97. The van der Waals surface area contributed by atoms with Crippen molar-refractivity contribution in [3.63, 3.8) is 0 Å². The Morgan fingerprint density at radius 2 is 2.25 bits per heavy atom. The molecule has 1 rings (SSSR count). The van der Waals surface area contributed by atoms with E-state index in [4.69, 9.17) is 5.73 Å². The van der Waals surface area contributed by atoms with Gasteiger partial charge >= 0.3 is 0 Å². The van der Waals surface area contributed by atoms with E-state index in [1.54, 1.807) is 18.2 Å². The second-order valence-electron chi connectivity index (χ2n) is 2.52. The third kappa shape index (κ3) is 1.61. The molecule has 0 aromatic heterocycles. The molecular formula is C9H11NOS. The van der Waals surface area contributed by atoms with Crippen LogP contribution in [0.2, 0.25) is 0 Å². The maximum absolute atomic E-state index is 11.3. The molecule has 0 fully saturated rings. The molecule has 1 aromatic carbocycles. The van der Waals surface area contributed by atoms with E-state index in [2.05, 4.69) is 12.6 Å². The minimum absolute atomic E-state index is 0.0762. The zero-order chi connectivity index (χ0) is 9.14. The van der Waals surface area contributed by atoms with Crippen LogP contribution in [0.3, 0.4) is 0 Å². The molecule has 1 aromatic rings. The molecular weight excluding hydrogens is 170 g/mol. The molecule has 0 atom stereocenters. The Labute approximate surface area is 77.2 Å². The lowest BCUT2D eigenvalue weighted by molar-refractivity contribution is 0.0985. The molecule has 12 heavy (non-hydrogen) atoms. The van der Waals surface area contributed by atoms with Gasteiger partial charge in [-0.15, -0.1) is 12.6 Å². The minimum atomic E-state index is 0.0762. The van der Waals surface area contributed by atoms with Gasteiger partial charge in [-0.05, 0) is 6.07 Å². The fraction of sp³-hybridized carbons (Fsp3) is 0.222. The topological polar surface area (TPSA) is 43.1 Å². The Bertz CT molecular complexity index is 309. The number of carbonyl (C=O) groups excluding carboxylic acids is 1. The summed E-state index contributed by atoms with van der Waals surface area (Å²) in [7, 11) is 0. The van der Waals surface area contributed by atoms with E-state index in [1.807, 2.05) is 6.92 Å². The summed E-state index contributed by atoms with van der Waals surface area (Å²) in [6.45, 7) is 1.82. The van der Waals surface area contributed by atoms with Gasteiger partial charge in [0.2, 0.25) is 0 Å². The number of Topliss-reactive ketones (excluding diaryl/α,β-unsaturated/α-hetero) is 1. The van der Waals surface area contributed by atoms with Crippen LogP contribution in [-0.4, -0.2) is 5.78 Å². The van der Waals surface area contributed by atoms with Crippen LogP contribution in [-0.2, 0) is 0 Å². The van der Waals surface area contributed by atoms with E-state index < -0.39 is 0 Å². The van der Waals surface area contributed by atoms with Crippen LogP contribution in [0.25, 0.3) is 0 Å². The van der Waals surface area contributed by atoms with Gasteiger partial charge in [0.05, 0.1) is 0 Å². The Balaban J connectivity index is 3.16. The van der Waals surface area contributed by atoms with Crippen LogP contribution >= 0.6 is 12.6 Å². The fourth-order valence-corrected chi connectivity index (χ4v) is 1.25. The molecule has 0 aliphatic heterocycles. The Hall–Kier alpha value is -0.960. The van der Waals surface area contributed by atoms with Gasteiger partial charge in [0, 0.05) is 22.6 Å². The molecule has 0 amide bonds. The highest BCUT2D eigenvalue weighted by Crippen LogP contribution is 2.21. The van der Waals surface area contributed by atoms with Gasteiger partial charge in [-0.25, -0.2) is 0 Å². The van der Waals surface area contributed by atoms with Crippen LogP contribution in [0.15, 0.2) is 23.1 Å². The summed E-state index contributed by atoms with van der Waals surface area (Å²) < 4.78 is 0. The quantitative estimate of drug-likeness (QED) is 0.417. The molecule has 0 aliphatic carbocycles. The van der Waals surface area contributed by atoms with Gasteiger partial charge in [0.15, 0.2) is 5.78 Å². The average Bonchev–Trinajstić information content (AvgIpc) is 2.08. The second kappa shape index (κ2) is 3.63. The van der Waals surface area contributed by atoms with Crippen molar-refractivity contribution in [2.45, 2.75) is 18.2 Å². The average molecular weight is 181 g/mol. The molecule has 2 nitrogen and oxygen atoms in total. The van der Waals surface area contributed by atoms with Crippen molar-refractivity contribution < 1.29 is 4.79 Å². The van der Waals surface area contributed by atoms with Gasteiger partial charge in [-0.1, -0.05) is 19.1 Å². The van der Waals surface area contributed by atoms with Crippen LogP contribution < -0.4 is 5.73 Å². The number of carbonyl (C=O) groups is 1. The number of anilines is 1. The zero-order valence-corrected chi connectivity index (χ0v) is 7.77. The molecule has 0 saturated heterocycles. The summed E-state index contributed by atoms with van der Waals surface area (Å²) in [4.78, 5) is 11.9. The van der Waals surface area contributed by atoms with E-state index in [1.165, 1.54) is 0 Å². The summed E-state index contributed by atoms with van der Waals surface area (Å²) in [5.74, 6) is 0.0762. The predicted molar refractivity (Wildman–Crippen MR) is 52.7 cm³/mol. The smallest absolute Gasteiger partial charge is 0.163 e. The normalized spacial score (nSPS) is 9.83. The molecule has 0 aliphatic rings. The number of hydrogen-bond donors (Lipinski definition) is 2. The highest BCUT2D eigenvalue weighted by atomic mass is 32.1. The number of rotatable bonds is 2. The molecule has 0 unspecified atom stereocenters. The molecule has 64 valence electrons. The highest BCUT2D eigenvalue weighted by molar-refractivity contribution is 7.80. The van der Waals surface area contributed by atoms with Crippen molar-refractivity contribution in [3.05, 3.63) is 23.8 Å². The maximum Gasteiger partial charge on any atom is 0.163 e. The van der Waals surface area contributed by atoms with Crippen LogP contribution in [0, 0.1) is 0 Å². The maximum atomic E-state index is 11.3. The number of ketones is 1. The van der Waals surface area contributed by atoms with Crippen molar-refractivity contribution in [2.75, 3.05) is 5.73 Å². The summed E-state index contributed by atoms with van der Waals surface area (Å²) >= 11 is 4.16. The minimum Gasteiger partial charge on any atom is -0.398 e. The molecule has 0 bridgehead atoms. The van der Waals surface area contributed by atoms with E-state index in [-0.39, 0.29) is 5.78 Å². The lowest BCUT2D eigenvalue weighted by atomic mass is 10.1. The first-order valence-corrected chi connectivity index (χ1v) is 4.22. The highest BCUT2D eigenvalue weighted by Gasteiger charge is 2.08. The monoisotopic (exact) mass is 181 g/mol. The fourth-order valence-electron chi connectivity index (χ4n) is 0.977. The SMILES string of the molecule is CCC(=O)c1cccc(N)c1S. The number of nitrogens with two attached hydrogens (primary N) is 1.